The van der Waals surface area contributed by atoms with Crippen LogP contribution in [0.1, 0.15) is 22.3 Å². The predicted octanol–water partition coefficient (Wildman–Crippen LogP) is 3.07. The number of benzene rings is 2. The second kappa shape index (κ2) is 4.21. The molecule has 1 amide bonds. The normalized spacial score (nSPS) is 20.1. The van der Waals surface area contributed by atoms with Gasteiger partial charge in [-0.25, -0.2) is 0 Å². The van der Waals surface area contributed by atoms with Crippen molar-refractivity contribution in [2.24, 2.45) is 0 Å². The molecule has 1 N–H and O–H groups in total. The van der Waals surface area contributed by atoms with Gasteiger partial charge in [-0.3, -0.25) is 4.79 Å². The molecule has 0 aliphatic carbocycles. The van der Waals surface area contributed by atoms with Gasteiger partial charge < -0.3 is 5.32 Å². The van der Waals surface area contributed by atoms with E-state index >= 15 is 0 Å². The molecule has 0 radical (unpaired) electrons. The fraction of sp³-hybridized carbons (Fsp3) is 0.176. The fourth-order valence-electron chi connectivity index (χ4n) is 2.93. The number of nitrogens with one attached hydrogen (secondary N) is 1. The van der Waals surface area contributed by atoms with Crippen molar-refractivity contribution in [1.82, 2.24) is 0 Å². The summed E-state index contributed by atoms with van der Waals surface area (Å²) in [5.74, 6) is -0.270. The summed E-state index contributed by atoms with van der Waals surface area (Å²) in [4.78, 5) is 12.5. The number of carbonyl (C=O) groups excluding carboxylic acids is 1. The average Bonchev–Trinajstić information content (AvgIpc) is 2.71. The lowest BCUT2D eigenvalue weighted by atomic mass is 9.74. The highest BCUT2D eigenvalue weighted by atomic mass is 16.2. The maximum atomic E-state index is 12.5. The summed E-state index contributed by atoms with van der Waals surface area (Å²) in [6.45, 7) is 3.94. The molecule has 3 nitrogen and oxygen atoms in total. The number of carbonyl (C=O) groups is 1. The van der Waals surface area contributed by atoms with Crippen LogP contribution in [0, 0.1) is 25.2 Å². The largest absolute Gasteiger partial charge is 0.324 e. The smallest absolute Gasteiger partial charge is 0.254 e. The minimum atomic E-state index is -1.24. The van der Waals surface area contributed by atoms with Gasteiger partial charge in [-0.15, -0.1) is 0 Å². The van der Waals surface area contributed by atoms with Gasteiger partial charge in [-0.1, -0.05) is 42.0 Å². The van der Waals surface area contributed by atoms with Gasteiger partial charge >= 0.3 is 0 Å². The highest BCUT2D eigenvalue weighted by Gasteiger charge is 2.49. The predicted molar refractivity (Wildman–Crippen MR) is 77.4 cm³/mol. The van der Waals surface area contributed by atoms with Gasteiger partial charge in [-0.05, 0) is 31.0 Å². The Bertz CT molecular complexity index is 758. The minimum Gasteiger partial charge on any atom is -0.324 e. The Balaban J connectivity index is 2.33. The third kappa shape index (κ3) is 1.48. The summed E-state index contributed by atoms with van der Waals surface area (Å²) < 4.78 is 0. The molecule has 3 heteroatoms. The molecule has 98 valence electrons. The monoisotopic (exact) mass is 262 g/mol. The zero-order valence-electron chi connectivity index (χ0n) is 11.4. The molecule has 20 heavy (non-hydrogen) atoms. The first-order valence-corrected chi connectivity index (χ1v) is 6.49. The number of hydrogen-bond acceptors (Lipinski definition) is 2. The van der Waals surface area contributed by atoms with Crippen LogP contribution in [-0.2, 0) is 10.2 Å². The van der Waals surface area contributed by atoms with Crippen LogP contribution in [0.5, 0.6) is 0 Å². The highest BCUT2D eigenvalue weighted by Crippen LogP contribution is 2.43. The third-order valence-corrected chi connectivity index (χ3v) is 3.87. The standard InChI is InChI=1S/C17H14N2O/c1-11-7-8-13(12(2)9-11)17(10-18)14-5-3-4-6-15(14)19-16(17)20/h3-9H,1-2H3,(H,19,20). The van der Waals surface area contributed by atoms with Crippen molar-refractivity contribution < 1.29 is 4.79 Å². The van der Waals surface area contributed by atoms with Gasteiger partial charge in [0.1, 0.15) is 0 Å². The number of nitrogens with zero attached hydrogens (tertiary/aromatic N) is 1. The van der Waals surface area contributed by atoms with E-state index in [1.54, 1.807) is 0 Å². The molecule has 0 bridgehead atoms. The average molecular weight is 262 g/mol. The van der Waals surface area contributed by atoms with Crippen LogP contribution in [0.4, 0.5) is 5.69 Å². The van der Waals surface area contributed by atoms with Crippen LogP contribution < -0.4 is 5.32 Å². The fourth-order valence-corrected chi connectivity index (χ4v) is 2.93. The van der Waals surface area contributed by atoms with E-state index in [0.717, 1.165) is 27.9 Å². The van der Waals surface area contributed by atoms with Crippen LogP contribution in [0.2, 0.25) is 0 Å². The number of fused-ring (bicyclic) bond motifs is 1. The van der Waals surface area contributed by atoms with E-state index in [0.29, 0.717) is 0 Å². The van der Waals surface area contributed by atoms with Crippen molar-refractivity contribution in [2.45, 2.75) is 19.3 Å². The van der Waals surface area contributed by atoms with E-state index < -0.39 is 5.41 Å². The van der Waals surface area contributed by atoms with E-state index in [-0.39, 0.29) is 5.91 Å². The molecule has 0 fully saturated rings. The van der Waals surface area contributed by atoms with E-state index in [9.17, 15) is 10.1 Å². The number of nitriles is 1. The molecule has 0 aromatic heterocycles. The number of aryl methyl sites for hydroxylation is 2. The number of amides is 1. The lowest BCUT2D eigenvalue weighted by molar-refractivity contribution is -0.118. The molecular formula is C17H14N2O. The molecule has 0 saturated heterocycles. The number of rotatable bonds is 1. The van der Waals surface area contributed by atoms with Crippen molar-refractivity contribution in [2.75, 3.05) is 5.32 Å². The Morgan fingerprint density at radius 1 is 1.10 bits per heavy atom. The maximum Gasteiger partial charge on any atom is 0.254 e. The minimum absolute atomic E-state index is 0.270. The molecule has 1 aliphatic rings. The van der Waals surface area contributed by atoms with Gasteiger partial charge in [-0.2, -0.15) is 5.26 Å². The molecule has 1 heterocycles. The van der Waals surface area contributed by atoms with Gasteiger partial charge in [0.15, 0.2) is 5.41 Å². The van der Waals surface area contributed by atoms with Crippen molar-refractivity contribution in [3.8, 4) is 6.07 Å². The maximum absolute atomic E-state index is 12.5. The van der Waals surface area contributed by atoms with Crippen LogP contribution in [0.15, 0.2) is 42.5 Å². The molecular weight excluding hydrogens is 248 g/mol. The zero-order chi connectivity index (χ0) is 14.3. The summed E-state index contributed by atoms with van der Waals surface area (Å²) >= 11 is 0. The van der Waals surface area contributed by atoms with E-state index in [4.69, 9.17) is 0 Å². The highest BCUT2D eigenvalue weighted by molar-refractivity contribution is 6.11. The second-order valence-electron chi connectivity index (χ2n) is 5.18. The topological polar surface area (TPSA) is 52.9 Å². The first kappa shape index (κ1) is 12.4. The lowest BCUT2D eigenvalue weighted by Gasteiger charge is -2.22. The lowest BCUT2D eigenvalue weighted by Crippen LogP contribution is -2.34. The van der Waals surface area contributed by atoms with Crippen LogP contribution in [-0.4, -0.2) is 5.91 Å². The number of para-hydroxylation sites is 1. The van der Waals surface area contributed by atoms with E-state index in [1.165, 1.54) is 0 Å². The number of hydrogen-bond donors (Lipinski definition) is 1. The Kier molecular flexibility index (Phi) is 2.62. The summed E-state index contributed by atoms with van der Waals surface area (Å²) in [5.41, 5.74) is 3.05. The summed E-state index contributed by atoms with van der Waals surface area (Å²) in [6, 6.07) is 15.5. The number of anilines is 1. The molecule has 0 spiro atoms. The summed E-state index contributed by atoms with van der Waals surface area (Å²) in [6.07, 6.45) is 0. The van der Waals surface area contributed by atoms with Gasteiger partial charge in [0.2, 0.25) is 0 Å². The van der Waals surface area contributed by atoms with Crippen molar-refractivity contribution >= 4 is 11.6 Å². The molecule has 3 rings (SSSR count). The molecule has 1 atom stereocenters. The van der Waals surface area contributed by atoms with Crippen LogP contribution in [0.3, 0.4) is 0 Å². The zero-order valence-corrected chi connectivity index (χ0v) is 11.4. The van der Waals surface area contributed by atoms with E-state index in [2.05, 4.69) is 11.4 Å². The Morgan fingerprint density at radius 3 is 2.55 bits per heavy atom. The van der Waals surface area contributed by atoms with Gasteiger partial charge in [0.25, 0.3) is 5.91 Å². The van der Waals surface area contributed by atoms with E-state index in [1.807, 2.05) is 56.3 Å². The third-order valence-electron chi connectivity index (χ3n) is 3.87. The summed E-state index contributed by atoms with van der Waals surface area (Å²) in [5, 5.41) is 12.6. The van der Waals surface area contributed by atoms with Gasteiger partial charge in [0, 0.05) is 11.3 Å². The first-order valence-electron chi connectivity index (χ1n) is 6.49. The quantitative estimate of drug-likeness (QED) is 0.858. The molecule has 2 aromatic carbocycles. The van der Waals surface area contributed by atoms with Crippen LogP contribution >= 0.6 is 0 Å². The first-order chi connectivity index (χ1) is 9.59. The summed E-state index contributed by atoms with van der Waals surface area (Å²) in [7, 11) is 0. The van der Waals surface area contributed by atoms with Crippen molar-refractivity contribution in [1.29, 1.82) is 5.26 Å². The molecule has 1 unspecified atom stereocenters. The molecule has 2 aromatic rings. The Hall–Kier alpha value is -2.60. The molecule has 0 saturated carbocycles. The van der Waals surface area contributed by atoms with Gasteiger partial charge in [0.05, 0.1) is 6.07 Å². The van der Waals surface area contributed by atoms with Crippen molar-refractivity contribution in [3.63, 3.8) is 0 Å². The second-order valence-corrected chi connectivity index (χ2v) is 5.18. The van der Waals surface area contributed by atoms with Crippen LogP contribution in [0.25, 0.3) is 0 Å². The Morgan fingerprint density at radius 2 is 1.85 bits per heavy atom. The molecule has 1 aliphatic heterocycles. The van der Waals surface area contributed by atoms with Crippen molar-refractivity contribution in [3.05, 3.63) is 64.7 Å². The SMILES string of the molecule is Cc1ccc(C2(C#N)C(=O)Nc3ccccc32)c(C)c1. The Labute approximate surface area is 117 Å².